The molecule has 4 heterocycles. The molecule has 0 bridgehead atoms. The number of hydrogen-bond acceptors (Lipinski definition) is 4. The zero-order chi connectivity index (χ0) is 14.8. The molecule has 2 saturated heterocycles. The first-order valence-corrected chi connectivity index (χ1v) is 8.36. The molecule has 0 spiro atoms. The number of hydrogen-bond donors (Lipinski definition) is 0. The van der Waals surface area contributed by atoms with Crippen LogP contribution in [-0.4, -0.2) is 41.0 Å². The minimum atomic E-state index is 0.591. The standard InChI is InChI=1S/C17H23N3O2/c1-2-15-17(18-6-1)20(11-14-5-9-22-12-14)16(19-15)10-13-3-7-21-8-4-13/h1-2,6,13-14H,3-5,7-12H2. The van der Waals surface area contributed by atoms with E-state index in [-0.39, 0.29) is 0 Å². The van der Waals surface area contributed by atoms with Gasteiger partial charge in [-0.25, -0.2) is 9.97 Å². The van der Waals surface area contributed by atoms with Crippen LogP contribution >= 0.6 is 0 Å². The molecule has 2 aromatic rings. The Bertz CT molecular complexity index is 628. The van der Waals surface area contributed by atoms with Crippen LogP contribution in [-0.2, 0) is 22.4 Å². The van der Waals surface area contributed by atoms with Gasteiger partial charge >= 0.3 is 0 Å². The second-order valence-electron chi connectivity index (χ2n) is 6.47. The first-order chi connectivity index (χ1) is 10.9. The topological polar surface area (TPSA) is 49.2 Å². The van der Waals surface area contributed by atoms with Gasteiger partial charge in [-0.15, -0.1) is 0 Å². The van der Waals surface area contributed by atoms with Gasteiger partial charge in [-0.2, -0.15) is 0 Å². The van der Waals surface area contributed by atoms with Crippen molar-refractivity contribution in [2.75, 3.05) is 26.4 Å². The van der Waals surface area contributed by atoms with Gasteiger partial charge < -0.3 is 14.0 Å². The van der Waals surface area contributed by atoms with E-state index in [2.05, 4.69) is 15.6 Å². The number of imidazole rings is 1. The summed E-state index contributed by atoms with van der Waals surface area (Å²) < 4.78 is 13.4. The Labute approximate surface area is 130 Å². The van der Waals surface area contributed by atoms with Crippen molar-refractivity contribution in [3.63, 3.8) is 0 Å². The minimum Gasteiger partial charge on any atom is -0.381 e. The lowest BCUT2D eigenvalue weighted by atomic mass is 9.96. The van der Waals surface area contributed by atoms with Crippen molar-refractivity contribution in [3.8, 4) is 0 Å². The average Bonchev–Trinajstić information content (AvgIpc) is 3.18. The van der Waals surface area contributed by atoms with Crippen molar-refractivity contribution in [3.05, 3.63) is 24.2 Å². The van der Waals surface area contributed by atoms with Crippen molar-refractivity contribution < 1.29 is 9.47 Å². The van der Waals surface area contributed by atoms with Crippen LogP contribution in [0.5, 0.6) is 0 Å². The Hall–Kier alpha value is -1.46. The zero-order valence-electron chi connectivity index (χ0n) is 12.9. The first-order valence-electron chi connectivity index (χ1n) is 8.36. The van der Waals surface area contributed by atoms with Crippen LogP contribution in [0.25, 0.3) is 11.2 Å². The lowest BCUT2D eigenvalue weighted by Crippen LogP contribution is -2.21. The van der Waals surface area contributed by atoms with Gasteiger partial charge in [0.05, 0.1) is 6.61 Å². The Morgan fingerprint density at radius 2 is 1.91 bits per heavy atom. The predicted molar refractivity (Wildman–Crippen MR) is 83.7 cm³/mol. The molecule has 2 fully saturated rings. The summed E-state index contributed by atoms with van der Waals surface area (Å²) in [5.74, 6) is 2.46. The van der Waals surface area contributed by atoms with Crippen LogP contribution in [0.4, 0.5) is 0 Å². The molecule has 5 nitrogen and oxygen atoms in total. The molecule has 2 aromatic heterocycles. The molecule has 0 amide bonds. The van der Waals surface area contributed by atoms with Crippen molar-refractivity contribution in [1.29, 1.82) is 0 Å². The molecular weight excluding hydrogens is 278 g/mol. The van der Waals surface area contributed by atoms with E-state index in [4.69, 9.17) is 14.5 Å². The van der Waals surface area contributed by atoms with Gasteiger partial charge in [-0.05, 0) is 37.3 Å². The fourth-order valence-corrected chi connectivity index (χ4v) is 3.55. The molecule has 2 aliphatic rings. The van der Waals surface area contributed by atoms with Crippen LogP contribution in [0.1, 0.15) is 25.1 Å². The molecule has 0 saturated carbocycles. The number of pyridine rings is 1. The smallest absolute Gasteiger partial charge is 0.159 e. The number of fused-ring (bicyclic) bond motifs is 1. The summed E-state index contributed by atoms with van der Waals surface area (Å²) in [5, 5.41) is 0. The van der Waals surface area contributed by atoms with E-state index in [0.717, 1.165) is 69.8 Å². The minimum absolute atomic E-state index is 0.591. The second kappa shape index (κ2) is 6.34. The van der Waals surface area contributed by atoms with E-state index in [0.29, 0.717) is 11.8 Å². The van der Waals surface area contributed by atoms with Crippen LogP contribution in [0.15, 0.2) is 18.3 Å². The highest BCUT2D eigenvalue weighted by Crippen LogP contribution is 2.24. The van der Waals surface area contributed by atoms with E-state index in [1.807, 2.05) is 12.3 Å². The van der Waals surface area contributed by atoms with Gasteiger partial charge in [0, 0.05) is 44.9 Å². The highest BCUT2D eigenvalue weighted by Gasteiger charge is 2.23. The quantitative estimate of drug-likeness (QED) is 0.870. The largest absolute Gasteiger partial charge is 0.381 e. The molecular formula is C17H23N3O2. The van der Waals surface area contributed by atoms with E-state index in [1.54, 1.807) is 0 Å². The summed E-state index contributed by atoms with van der Waals surface area (Å²) in [6, 6.07) is 4.04. The first kappa shape index (κ1) is 14.2. The van der Waals surface area contributed by atoms with Crippen LogP contribution < -0.4 is 0 Å². The van der Waals surface area contributed by atoms with Gasteiger partial charge in [0.15, 0.2) is 5.65 Å². The fraction of sp³-hybridized carbons (Fsp3) is 0.647. The number of nitrogens with zero attached hydrogens (tertiary/aromatic N) is 3. The molecule has 0 aliphatic carbocycles. The Morgan fingerprint density at radius 1 is 1.09 bits per heavy atom. The van der Waals surface area contributed by atoms with Gasteiger partial charge in [-0.1, -0.05) is 0 Å². The van der Waals surface area contributed by atoms with Crippen molar-refractivity contribution >= 4 is 11.2 Å². The summed E-state index contributed by atoms with van der Waals surface area (Å²) in [6.45, 7) is 4.51. The van der Waals surface area contributed by atoms with E-state index in [1.165, 1.54) is 5.82 Å². The number of aromatic nitrogens is 3. The summed E-state index contributed by atoms with van der Waals surface area (Å²) in [6.07, 6.45) is 6.33. The Balaban J connectivity index is 1.62. The van der Waals surface area contributed by atoms with Gasteiger partial charge in [-0.3, -0.25) is 0 Å². The molecule has 0 radical (unpaired) electrons. The summed E-state index contributed by atoms with van der Waals surface area (Å²) >= 11 is 0. The Morgan fingerprint density at radius 3 is 2.73 bits per heavy atom. The molecule has 22 heavy (non-hydrogen) atoms. The van der Waals surface area contributed by atoms with E-state index in [9.17, 15) is 0 Å². The molecule has 118 valence electrons. The highest BCUT2D eigenvalue weighted by molar-refractivity contribution is 5.71. The van der Waals surface area contributed by atoms with Crippen LogP contribution in [0.3, 0.4) is 0 Å². The van der Waals surface area contributed by atoms with Crippen LogP contribution in [0.2, 0.25) is 0 Å². The van der Waals surface area contributed by atoms with Crippen molar-refractivity contribution in [1.82, 2.24) is 14.5 Å². The maximum atomic E-state index is 5.54. The highest BCUT2D eigenvalue weighted by atomic mass is 16.5. The fourth-order valence-electron chi connectivity index (χ4n) is 3.55. The van der Waals surface area contributed by atoms with Gasteiger partial charge in [0.2, 0.25) is 0 Å². The van der Waals surface area contributed by atoms with E-state index >= 15 is 0 Å². The molecule has 2 aliphatic heterocycles. The molecule has 4 rings (SSSR count). The van der Waals surface area contributed by atoms with E-state index < -0.39 is 0 Å². The lowest BCUT2D eigenvalue weighted by molar-refractivity contribution is 0.0657. The molecule has 1 unspecified atom stereocenters. The molecule has 0 aromatic carbocycles. The molecule has 5 heteroatoms. The Kier molecular flexibility index (Phi) is 4.08. The maximum Gasteiger partial charge on any atom is 0.159 e. The van der Waals surface area contributed by atoms with Crippen molar-refractivity contribution in [2.24, 2.45) is 11.8 Å². The average molecular weight is 301 g/mol. The second-order valence-corrected chi connectivity index (χ2v) is 6.47. The summed E-state index contributed by atoms with van der Waals surface area (Å²) in [5.41, 5.74) is 2.04. The van der Waals surface area contributed by atoms with Gasteiger partial charge in [0.1, 0.15) is 11.3 Å². The van der Waals surface area contributed by atoms with Gasteiger partial charge in [0.25, 0.3) is 0 Å². The third kappa shape index (κ3) is 2.88. The zero-order valence-corrected chi connectivity index (χ0v) is 12.9. The van der Waals surface area contributed by atoms with Crippen LogP contribution in [0, 0.1) is 11.8 Å². The molecule has 1 atom stereocenters. The number of rotatable bonds is 4. The summed E-state index contributed by atoms with van der Waals surface area (Å²) in [7, 11) is 0. The third-order valence-electron chi connectivity index (χ3n) is 4.86. The SMILES string of the molecule is c1cnc2c(c1)nc(CC1CCOCC1)n2CC1CCOC1. The maximum absolute atomic E-state index is 5.54. The number of ether oxygens (including phenoxy) is 2. The lowest BCUT2D eigenvalue weighted by Gasteiger charge is -2.22. The summed E-state index contributed by atoms with van der Waals surface area (Å²) in [4.78, 5) is 9.44. The monoisotopic (exact) mass is 301 g/mol. The van der Waals surface area contributed by atoms with Crippen molar-refractivity contribution in [2.45, 2.75) is 32.2 Å². The predicted octanol–water partition coefficient (Wildman–Crippen LogP) is 2.44. The third-order valence-corrected chi connectivity index (χ3v) is 4.86. The normalized spacial score (nSPS) is 23.4. The molecule has 0 N–H and O–H groups in total.